The molecule has 1 aromatic rings. The second-order valence-electron chi connectivity index (χ2n) is 4.17. The summed E-state index contributed by atoms with van der Waals surface area (Å²) < 4.78 is 11.4. The number of benzene rings is 1. The summed E-state index contributed by atoms with van der Waals surface area (Å²) in [5, 5.41) is 3.17. The molecular weight excluding hydrogens is 202 g/mol. The molecule has 3 heteroatoms. The standard InChI is InChI=1S/C13H19NO2/c1-9-8-12-13(16-7-6-15-12)11(10(9)2)4-5-14-3/h8,14H,4-7H2,1-3H3. The van der Waals surface area contributed by atoms with E-state index in [-0.39, 0.29) is 0 Å². The first kappa shape index (κ1) is 11.3. The van der Waals surface area contributed by atoms with Gasteiger partial charge in [0.1, 0.15) is 13.2 Å². The van der Waals surface area contributed by atoms with E-state index in [2.05, 4.69) is 25.2 Å². The minimum atomic E-state index is 0.654. The smallest absolute Gasteiger partial charge is 0.164 e. The Kier molecular flexibility index (Phi) is 3.34. The summed E-state index contributed by atoms with van der Waals surface area (Å²) in [6.45, 7) is 6.54. The van der Waals surface area contributed by atoms with Crippen LogP contribution in [0.3, 0.4) is 0 Å². The summed E-state index contributed by atoms with van der Waals surface area (Å²) in [4.78, 5) is 0. The summed E-state index contributed by atoms with van der Waals surface area (Å²) in [5.41, 5.74) is 3.87. The fourth-order valence-corrected chi connectivity index (χ4v) is 2.04. The van der Waals surface area contributed by atoms with E-state index in [0.29, 0.717) is 13.2 Å². The lowest BCUT2D eigenvalue weighted by molar-refractivity contribution is 0.169. The predicted octanol–water partition coefficient (Wildman–Crippen LogP) is 1.84. The van der Waals surface area contributed by atoms with Crippen molar-refractivity contribution in [2.75, 3.05) is 26.8 Å². The third kappa shape index (κ3) is 2.00. The third-order valence-electron chi connectivity index (χ3n) is 3.10. The highest BCUT2D eigenvalue weighted by Gasteiger charge is 2.19. The molecular formula is C13H19NO2. The molecule has 0 saturated heterocycles. The van der Waals surface area contributed by atoms with E-state index in [4.69, 9.17) is 9.47 Å². The van der Waals surface area contributed by atoms with Crippen LogP contribution < -0.4 is 14.8 Å². The summed E-state index contributed by atoms with van der Waals surface area (Å²) in [7, 11) is 1.97. The zero-order valence-corrected chi connectivity index (χ0v) is 10.2. The number of hydrogen-bond donors (Lipinski definition) is 1. The van der Waals surface area contributed by atoms with E-state index in [1.54, 1.807) is 0 Å². The van der Waals surface area contributed by atoms with Gasteiger partial charge in [0.25, 0.3) is 0 Å². The number of nitrogens with one attached hydrogen (secondary N) is 1. The van der Waals surface area contributed by atoms with Gasteiger partial charge in [-0.3, -0.25) is 0 Å². The number of rotatable bonds is 3. The van der Waals surface area contributed by atoms with Gasteiger partial charge in [0, 0.05) is 5.56 Å². The lowest BCUT2D eigenvalue weighted by Crippen LogP contribution is -2.19. The van der Waals surface area contributed by atoms with Crippen molar-refractivity contribution in [3.63, 3.8) is 0 Å². The van der Waals surface area contributed by atoms with Gasteiger partial charge in [0.15, 0.2) is 11.5 Å². The second kappa shape index (κ2) is 4.74. The van der Waals surface area contributed by atoms with Crippen LogP contribution in [0.5, 0.6) is 11.5 Å². The van der Waals surface area contributed by atoms with E-state index in [0.717, 1.165) is 24.5 Å². The Hall–Kier alpha value is -1.22. The van der Waals surface area contributed by atoms with Crippen LogP contribution in [-0.4, -0.2) is 26.8 Å². The minimum absolute atomic E-state index is 0.654. The van der Waals surface area contributed by atoms with Gasteiger partial charge in [0.2, 0.25) is 0 Å². The molecule has 0 saturated carbocycles. The third-order valence-corrected chi connectivity index (χ3v) is 3.10. The summed E-state index contributed by atoms with van der Waals surface area (Å²) in [6.07, 6.45) is 0.982. The number of fused-ring (bicyclic) bond motifs is 1. The molecule has 0 unspecified atom stereocenters. The summed E-state index contributed by atoms with van der Waals surface area (Å²) in [6, 6.07) is 2.08. The van der Waals surface area contributed by atoms with E-state index in [1.165, 1.54) is 16.7 Å². The number of aryl methyl sites for hydroxylation is 1. The molecule has 3 nitrogen and oxygen atoms in total. The first-order valence-electron chi connectivity index (χ1n) is 5.77. The van der Waals surface area contributed by atoms with Gasteiger partial charge in [-0.05, 0) is 51.1 Å². The number of likely N-dealkylation sites (N-methyl/N-ethyl adjacent to an activating group) is 1. The molecule has 1 heterocycles. The van der Waals surface area contributed by atoms with Crippen molar-refractivity contribution in [2.24, 2.45) is 0 Å². The topological polar surface area (TPSA) is 30.5 Å². The molecule has 1 aliphatic rings. The highest BCUT2D eigenvalue weighted by atomic mass is 16.6. The van der Waals surface area contributed by atoms with E-state index in [1.807, 2.05) is 7.05 Å². The fraction of sp³-hybridized carbons (Fsp3) is 0.538. The SMILES string of the molecule is CNCCc1c(C)c(C)cc2c1OCCO2. The van der Waals surface area contributed by atoms with Crippen molar-refractivity contribution >= 4 is 0 Å². The van der Waals surface area contributed by atoms with Crippen molar-refractivity contribution in [2.45, 2.75) is 20.3 Å². The quantitative estimate of drug-likeness (QED) is 0.844. The lowest BCUT2D eigenvalue weighted by atomic mass is 9.98. The van der Waals surface area contributed by atoms with Gasteiger partial charge in [-0.25, -0.2) is 0 Å². The van der Waals surface area contributed by atoms with E-state index < -0.39 is 0 Å². The largest absolute Gasteiger partial charge is 0.486 e. The van der Waals surface area contributed by atoms with Crippen LogP contribution in [0.1, 0.15) is 16.7 Å². The average Bonchev–Trinajstić information content (AvgIpc) is 2.30. The fourth-order valence-electron chi connectivity index (χ4n) is 2.04. The van der Waals surface area contributed by atoms with Gasteiger partial charge in [-0.2, -0.15) is 0 Å². The van der Waals surface area contributed by atoms with Crippen LogP contribution in [0.25, 0.3) is 0 Å². The maximum atomic E-state index is 5.73. The van der Waals surface area contributed by atoms with E-state index in [9.17, 15) is 0 Å². The molecule has 0 spiro atoms. The predicted molar refractivity (Wildman–Crippen MR) is 64.5 cm³/mol. The van der Waals surface area contributed by atoms with Crippen molar-refractivity contribution in [3.05, 3.63) is 22.8 Å². The van der Waals surface area contributed by atoms with Crippen molar-refractivity contribution in [1.29, 1.82) is 0 Å². The highest BCUT2D eigenvalue weighted by Crippen LogP contribution is 2.37. The Bertz CT molecular complexity index is 388. The number of ether oxygens (including phenoxy) is 2. The number of hydrogen-bond acceptors (Lipinski definition) is 3. The molecule has 0 atom stereocenters. The molecule has 1 N–H and O–H groups in total. The monoisotopic (exact) mass is 221 g/mol. The van der Waals surface area contributed by atoms with Crippen molar-refractivity contribution < 1.29 is 9.47 Å². The van der Waals surface area contributed by atoms with Gasteiger partial charge in [0.05, 0.1) is 0 Å². The molecule has 0 amide bonds. The molecule has 88 valence electrons. The normalized spacial score (nSPS) is 13.9. The Labute approximate surface area is 96.8 Å². The molecule has 2 rings (SSSR count). The van der Waals surface area contributed by atoms with Gasteiger partial charge in [-0.15, -0.1) is 0 Å². The zero-order chi connectivity index (χ0) is 11.5. The van der Waals surface area contributed by atoms with Gasteiger partial charge >= 0.3 is 0 Å². The van der Waals surface area contributed by atoms with Crippen LogP contribution in [0.15, 0.2) is 6.07 Å². The first-order valence-corrected chi connectivity index (χ1v) is 5.77. The van der Waals surface area contributed by atoms with Crippen LogP contribution >= 0.6 is 0 Å². The maximum Gasteiger partial charge on any atom is 0.164 e. The Morgan fingerprint density at radius 1 is 1.25 bits per heavy atom. The molecule has 0 bridgehead atoms. The van der Waals surface area contributed by atoms with Crippen LogP contribution in [0.4, 0.5) is 0 Å². The Balaban J connectivity index is 2.41. The summed E-state index contributed by atoms with van der Waals surface area (Å²) in [5.74, 6) is 1.85. The molecule has 1 aliphatic heterocycles. The second-order valence-corrected chi connectivity index (χ2v) is 4.17. The molecule has 16 heavy (non-hydrogen) atoms. The molecule has 1 aromatic carbocycles. The molecule has 0 aliphatic carbocycles. The van der Waals surface area contributed by atoms with Crippen LogP contribution in [0, 0.1) is 13.8 Å². The van der Waals surface area contributed by atoms with Gasteiger partial charge in [-0.1, -0.05) is 0 Å². The van der Waals surface area contributed by atoms with Crippen molar-refractivity contribution in [3.8, 4) is 11.5 Å². The Morgan fingerprint density at radius 3 is 2.75 bits per heavy atom. The van der Waals surface area contributed by atoms with Gasteiger partial charge < -0.3 is 14.8 Å². The van der Waals surface area contributed by atoms with E-state index >= 15 is 0 Å². The minimum Gasteiger partial charge on any atom is -0.486 e. The van der Waals surface area contributed by atoms with Crippen molar-refractivity contribution in [1.82, 2.24) is 5.32 Å². The maximum absolute atomic E-state index is 5.73. The first-order chi connectivity index (χ1) is 7.74. The lowest BCUT2D eigenvalue weighted by Gasteiger charge is -2.23. The zero-order valence-electron chi connectivity index (χ0n) is 10.2. The molecule has 0 radical (unpaired) electrons. The van der Waals surface area contributed by atoms with Crippen LogP contribution in [-0.2, 0) is 6.42 Å². The summed E-state index contributed by atoms with van der Waals surface area (Å²) >= 11 is 0. The Morgan fingerprint density at radius 2 is 2.00 bits per heavy atom. The molecule has 0 aromatic heterocycles. The average molecular weight is 221 g/mol. The van der Waals surface area contributed by atoms with Crippen LogP contribution in [0.2, 0.25) is 0 Å². The molecule has 0 fully saturated rings. The highest BCUT2D eigenvalue weighted by molar-refractivity contribution is 5.54.